The Hall–Kier alpha value is -3.39. The molecule has 0 fully saturated rings. The molecule has 0 bridgehead atoms. The lowest BCUT2D eigenvalue weighted by molar-refractivity contribution is -0.0806. The second-order valence-electron chi connectivity index (χ2n) is 9.30. The summed E-state index contributed by atoms with van der Waals surface area (Å²) in [6.45, 7) is 8.01. The van der Waals surface area contributed by atoms with Gasteiger partial charge in [-0.3, -0.25) is 10.2 Å². The summed E-state index contributed by atoms with van der Waals surface area (Å²) in [6.07, 6.45) is 10.4. The van der Waals surface area contributed by atoms with E-state index >= 15 is 0 Å². The number of rotatable bonds is 11. The van der Waals surface area contributed by atoms with Crippen LogP contribution < -0.4 is 15.5 Å². The number of allylic oxidation sites excluding steroid dienone is 2. The number of aliphatic imine (C=N–C) groups is 1. The molecule has 1 aliphatic rings. The van der Waals surface area contributed by atoms with Crippen molar-refractivity contribution in [3.05, 3.63) is 52.9 Å². The van der Waals surface area contributed by atoms with Crippen LogP contribution in [0.15, 0.2) is 46.7 Å². The highest BCUT2D eigenvalue weighted by atomic mass is 16.5. The van der Waals surface area contributed by atoms with Gasteiger partial charge in [-0.2, -0.15) is 5.17 Å². The number of nitrogens with one attached hydrogen (secondary N) is 2. The number of aromatic nitrogens is 1. The van der Waals surface area contributed by atoms with E-state index in [-0.39, 0.29) is 6.04 Å². The van der Waals surface area contributed by atoms with E-state index in [1.165, 1.54) is 5.56 Å². The number of unbranched alkanes of at least 4 members (excludes halogenated alkanes) is 1. The van der Waals surface area contributed by atoms with Crippen LogP contribution in [-0.2, 0) is 12.8 Å². The first-order chi connectivity index (χ1) is 17.4. The van der Waals surface area contributed by atoms with Crippen molar-refractivity contribution in [3.8, 4) is 17.0 Å². The average molecular weight is 494 g/mol. The summed E-state index contributed by atoms with van der Waals surface area (Å²) in [6, 6.07) is 7.49. The molecule has 0 radical (unpaired) electrons. The zero-order valence-corrected chi connectivity index (χ0v) is 22.1. The minimum atomic E-state index is -0.518. The Bertz CT molecular complexity index is 1110. The topological polar surface area (TPSA) is 99.1 Å². The number of urea groups is 1. The van der Waals surface area contributed by atoms with E-state index in [2.05, 4.69) is 34.6 Å². The van der Waals surface area contributed by atoms with Crippen molar-refractivity contribution in [2.75, 3.05) is 12.4 Å². The number of hydroxylamine groups is 1. The third kappa shape index (κ3) is 6.85. The normalized spacial score (nSPS) is 13.3. The monoisotopic (exact) mass is 493 g/mol. The number of hydrogen-bond acceptors (Lipinski definition) is 6. The van der Waals surface area contributed by atoms with E-state index in [4.69, 9.17) is 4.74 Å². The fourth-order valence-electron chi connectivity index (χ4n) is 4.48. The fourth-order valence-corrected chi connectivity index (χ4v) is 4.48. The molecule has 1 aliphatic carbocycles. The molecule has 36 heavy (non-hydrogen) atoms. The molecule has 194 valence electrons. The average Bonchev–Trinajstić information content (AvgIpc) is 3.36. The molecular weight excluding hydrogens is 454 g/mol. The highest BCUT2D eigenvalue weighted by molar-refractivity contribution is 5.91. The number of pyridine rings is 1. The third-order valence-corrected chi connectivity index (χ3v) is 6.51. The number of ether oxygens (including phenoxy) is 1. The zero-order chi connectivity index (χ0) is 26.1. The first-order valence-electron chi connectivity index (χ1n) is 12.8. The molecule has 2 aromatic rings. The maximum absolute atomic E-state index is 12.8. The van der Waals surface area contributed by atoms with Gasteiger partial charge < -0.3 is 10.1 Å². The number of carbonyl (C=O) groups excluding carboxylic acids is 1. The standard InChI is InChI=1S/C28H39N5O3/c1-6-8-10-21(7-2)30-18-26(19(3)4)33(35)32-28(34)31-25-14-13-22(23-11-9-12-24(23)25)20-15-16-29-27(17-20)36-5/h13-18,21,35H,6-12H2,1-5H3,(H2,31,32,34)/b30-18-. The summed E-state index contributed by atoms with van der Waals surface area (Å²) in [7, 11) is 1.60. The van der Waals surface area contributed by atoms with Crippen LogP contribution >= 0.6 is 0 Å². The van der Waals surface area contributed by atoms with Gasteiger partial charge in [0.15, 0.2) is 0 Å². The van der Waals surface area contributed by atoms with Crippen LogP contribution in [0.2, 0.25) is 0 Å². The van der Waals surface area contributed by atoms with Crippen LogP contribution in [0.3, 0.4) is 0 Å². The van der Waals surface area contributed by atoms with Crippen molar-refractivity contribution >= 4 is 17.9 Å². The molecule has 8 heteroatoms. The summed E-state index contributed by atoms with van der Waals surface area (Å²) < 4.78 is 5.28. The van der Waals surface area contributed by atoms with Gasteiger partial charge in [0.25, 0.3) is 0 Å². The second-order valence-corrected chi connectivity index (χ2v) is 9.30. The van der Waals surface area contributed by atoms with Gasteiger partial charge in [-0.15, -0.1) is 0 Å². The summed E-state index contributed by atoms with van der Waals surface area (Å²) in [4.78, 5) is 21.6. The predicted molar refractivity (Wildman–Crippen MR) is 144 cm³/mol. The van der Waals surface area contributed by atoms with Gasteiger partial charge in [0.1, 0.15) is 5.70 Å². The molecule has 8 nitrogen and oxygen atoms in total. The van der Waals surface area contributed by atoms with E-state index in [0.717, 1.165) is 78.1 Å². The number of hydrazine groups is 1. The van der Waals surface area contributed by atoms with Crippen LogP contribution in [0.1, 0.15) is 70.9 Å². The molecule has 3 rings (SSSR count). The maximum Gasteiger partial charge on any atom is 0.339 e. The van der Waals surface area contributed by atoms with Gasteiger partial charge in [-0.05, 0) is 85.9 Å². The lowest BCUT2D eigenvalue weighted by atomic mass is 9.96. The summed E-state index contributed by atoms with van der Waals surface area (Å²) in [5.74, 6) is 0.568. The molecule has 1 atom stereocenters. The number of carbonyl (C=O) groups is 1. The zero-order valence-electron chi connectivity index (χ0n) is 22.1. The third-order valence-electron chi connectivity index (χ3n) is 6.51. The first-order valence-corrected chi connectivity index (χ1v) is 12.8. The minimum absolute atomic E-state index is 0.197. The molecule has 0 aliphatic heterocycles. The Morgan fingerprint density at radius 2 is 2.03 bits per heavy atom. The van der Waals surface area contributed by atoms with E-state index in [1.54, 1.807) is 19.5 Å². The highest BCUT2D eigenvalue weighted by Gasteiger charge is 2.21. The second kappa shape index (κ2) is 13.1. The molecule has 1 aromatic carbocycles. The molecule has 3 N–H and O–H groups in total. The number of anilines is 1. The van der Waals surface area contributed by atoms with Gasteiger partial charge in [-0.1, -0.05) is 32.8 Å². The minimum Gasteiger partial charge on any atom is -0.481 e. The Kier molecular flexibility index (Phi) is 9.87. The quantitative estimate of drug-likeness (QED) is 0.252. The number of fused-ring (bicyclic) bond motifs is 1. The van der Waals surface area contributed by atoms with Crippen molar-refractivity contribution in [2.45, 2.75) is 78.7 Å². The number of nitrogens with zero attached hydrogens (tertiary/aromatic N) is 3. The lowest BCUT2D eigenvalue weighted by Gasteiger charge is -2.21. The molecule has 0 saturated heterocycles. The van der Waals surface area contributed by atoms with Crippen molar-refractivity contribution in [1.82, 2.24) is 15.6 Å². The fraction of sp³-hybridized carbons (Fsp3) is 0.464. The Balaban J connectivity index is 1.73. The molecule has 1 aromatic heterocycles. The molecule has 0 saturated carbocycles. The number of hydrogen-bond donors (Lipinski definition) is 3. The number of methoxy groups -OCH3 is 1. The van der Waals surface area contributed by atoms with Crippen molar-refractivity contribution < 1.29 is 14.7 Å². The largest absolute Gasteiger partial charge is 0.481 e. The molecule has 2 amide bonds. The number of amides is 2. The van der Waals surface area contributed by atoms with Crippen LogP contribution in [0.4, 0.5) is 10.5 Å². The van der Waals surface area contributed by atoms with E-state index in [0.29, 0.717) is 11.6 Å². The van der Waals surface area contributed by atoms with Crippen LogP contribution in [0.25, 0.3) is 11.1 Å². The molecule has 1 unspecified atom stereocenters. The molecule has 1 heterocycles. The van der Waals surface area contributed by atoms with Crippen LogP contribution in [-0.4, -0.2) is 40.8 Å². The van der Waals surface area contributed by atoms with Crippen molar-refractivity contribution in [2.24, 2.45) is 4.99 Å². The SMILES string of the molecule is CCCCC(CC)/N=C\C(=C(C)C)N(O)NC(=O)Nc1ccc(-c2ccnc(OC)c2)c2c1CCC2. The van der Waals surface area contributed by atoms with Gasteiger partial charge in [0.2, 0.25) is 5.88 Å². The molecular formula is C28H39N5O3. The van der Waals surface area contributed by atoms with Crippen LogP contribution in [0, 0.1) is 0 Å². The summed E-state index contributed by atoms with van der Waals surface area (Å²) in [5.41, 5.74) is 9.04. The lowest BCUT2D eigenvalue weighted by Crippen LogP contribution is -2.42. The van der Waals surface area contributed by atoms with E-state index < -0.39 is 6.03 Å². The van der Waals surface area contributed by atoms with Crippen molar-refractivity contribution in [3.63, 3.8) is 0 Å². The van der Waals surface area contributed by atoms with Crippen molar-refractivity contribution in [1.29, 1.82) is 0 Å². The number of benzene rings is 1. The van der Waals surface area contributed by atoms with E-state index in [9.17, 15) is 10.0 Å². The maximum atomic E-state index is 12.8. The molecule has 0 spiro atoms. The summed E-state index contributed by atoms with van der Waals surface area (Å²) >= 11 is 0. The first kappa shape index (κ1) is 27.2. The smallest absolute Gasteiger partial charge is 0.339 e. The van der Waals surface area contributed by atoms with Gasteiger partial charge in [0.05, 0.1) is 7.11 Å². The van der Waals surface area contributed by atoms with Gasteiger partial charge in [-0.25, -0.2) is 15.2 Å². The van der Waals surface area contributed by atoms with Gasteiger partial charge in [0, 0.05) is 30.2 Å². The van der Waals surface area contributed by atoms with E-state index in [1.807, 2.05) is 38.1 Å². The Labute approximate surface area is 214 Å². The van der Waals surface area contributed by atoms with Gasteiger partial charge >= 0.3 is 6.03 Å². The summed E-state index contributed by atoms with van der Waals surface area (Å²) in [5, 5.41) is 14.3. The highest BCUT2D eigenvalue weighted by Crippen LogP contribution is 2.37. The Morgan fingerprint density at radius 1 is 1.25 bits per heavy atom. The van der Waals surface area contributed by atoms with Crippen LogP contribution in [0.5, 0.6) is 5.88 Å². The predicted octanol–water partition coefficient (Wildman–Crippen LogP) is 6.31. The Morgan fingerprint density at radius 3 is 2.72 bits per heavy atom.